The number of hydrogen-bond donors (Lipinski definition) is 2. The predicted molar refractivity (Wildman–Crippen MR) is 147 cm³/mol. The van der Waals surface area contributed by atoms with Crippen LogP contribution in [0.3, 0.4) is 0 Å². The van der Waals surface area contributed by atoms with Gasteiger partial charge in [-0.05, 0) is 60.9 Å². The van der Waals surface area contributed by atoms with Gasteiger partial charge in [-0.3, -0.25) is 0 Å². The molecule has 1 amide bonds. The Balaban J connectivity index is 1.49. The highest BCUT2D eigenvalue weighted by molar-refractivity contribution is 7.89. The van der Waals surface area contributed by atoms with E-state index in [4.69, 9.17) is 14.2 Å². The molecule has 0 radical (unpaired) electrons. The summed E-state index contributed by atoms with van der Waals surface area (Å²) in [4.78, 5) is 13.0. The van der Waals surface area contributed by atoms with E-state index in [-0.39, 0.29) is 36.1 Å². The smallest absolute Gasteiger partial charge is 0.407 e. The number of methoxy groups -OCH3 is 1. The minimum atomic E-state index is -3.92. The number of nitrogens with zero attached hydrogens (tertiary/aromatic N) is 1. The van der Waals surface area contributed by atoms with Crippen LogP contribution < -0.4 is 10.1 Å². The number of aliphatic hydroxyl groups is 1. The van der Waals surface area contributed by atoms with E-state index in [0.717, 1.165) is 25.0 Å². The molecule has 1 heterocycles. The molecular formula is C29H40N2O7S. The van der Waals surface area contributed by atoms with Crippen LogP contribution in [0.25, 0.3) is 0 Å². The molecule has 2 aromatic carbocycles. The number of ether oxygens (including phenoxy) is 3. The van der Waals surface area contributed by atoms with Gasteiger partial charge in [0, 0.05) is 26.1 Å². The third-order valence-corrected chi connectivity index (χ3v) is 9.25. The second-order valence-corrected chi connectivity index (χ2v) is 12.8. The summed E-state index contributed by atoms with van der Waals surface area (Å²) in [5.74, 6) is 0.980. The fourth-order valence-electron chi connectivity index (χ4n) is 5.41. The first-order valence-corrected chi connectivity index (χ1v) is 15.0. The maximum absolute atomic E-state index is 13.6. The average molecular weight is 561 g/mol. The normalized spacial score (nSPS) is 22.5. The van der Waals surface area contributed by atoms with Crippen molar-refractivity contribution in [2.45, 2.75) is 68.8 Å². The SMILES string of the molecule is COc1ccc(S(=O)(=O)N(CC(C)C)C[C@@H](O)[C@H](Cc2ccccc2)NC(=O)O[C@@H]2CC3CCO[C@@H]3C2)cc1. The largest absolute Gasteiger partial charge is 0.497 e. The maximum Gasteiger partial charge on any atom is 0.407 e. The van der Waals surface area contributed by atoms with Gasteiger partial charge in [0.1, 0.15) is 11.9 Å². The number of nitrogens with one attached hydrogen (secondary N) is 1. The molecule has 10 heteroatoms. The Kier molecular flexibility index (Phi) is 9.87. The van der Waals surface area contributed by atoms with Gasteiger partial charge < -0.3 is 24.6 Å². The molecule has 1 saturated carbocycles. The van der Waals surface area contributed by atoms with E-state index < -0.39 is 28.3 Å². The first-order chi connectivity index (χ1) is 18.7. The second kappa shape index (κ2) is 13.1. The summed E-state index contributed by atoms with van der Waals surface area (Å²) in [7, 11) is -2.40. The molecule has 4 rings (SSSR count). The van der Waals surface area contributed by atoms with E-state index in [1.165, 1.54) is 23.5 Å². The van der Waals surface area contributed by atoms with E-state index >= 15 is 0 Å². The van der Waals surface area contributed by atoms with Crippen molar-refractivity contribution in [1.82, 2.24) is 9.62 Å². The van der Waals surface area contributed by atoms with Crippen molar-refractivity contribution in [3.05, 3.63) is 60.2 Å². The number of benzene rings is 2. The Morgan fingerprint density at radius 3 is 2.46 bits per heavy atom. The van der Waals surface area contributed by atoms with E-state index in [0.29, 0.717) is 24.5 Å². The molecule has 5 atom stereocenters. The molecule has 1 saturated heterocycles. The van der Waals surface area contributed by atoms with Gasteiger partial charge in [-0.25, -0.2) is 13.2 Å². The summed E-state index contributed by atoms with van der Waals surface area (Å²) in [6.07, 6.45) is 0.843. The zero-order valence-electron chi connectivity index (χ0n) is 22.9. The van der Waals surface area contributed by atoms with Gasteiger partial charge in [0.2, 0.25) is 10.0 Å². The summed E-state index contributed by atoms with van der Waals surface area (Å²) in [5.41, 5.74) is 0.902. The molecule has 0 bridgehead atoms. The van der Waals surface area contributed by atoms with E-state index in [9.17, 15) is 18.3 Å². The lowest BCUT2D eigenvalue weighted by Gasteiger charge is -2.31. The lowest BCUT2D eigenvalue weighted by molar-refractivity contribution is 0.0554. The number of aliphatic hydroxyl groups excluding tert-OH is 1. The van der Waals surface area contributed by atoms with Gasteiger partial charge in [0.25, 0.3) is 0 Å². The predicted octanol–water partition coefficient (Wildman–Crippen LogP) is 3.61. The lowest BCUT2D eigenvalue weighted by Crippen LogP contribution is -2.51. The van der Waals surface area contributed by atoms with E-state index in [2.05, 4.69) is 5.32 Å². The number of sulfonamides is 1. The van der Waals surface area contributed by atoms with Crippen molar-refractivity contribution in [3.63, 3.8) is 0 Å². The number of carbonyl (C=O) groups excluding carboxylic acids is 1. The number of amides is 1. The highest BCUT2D eigenvalue weighted by Crippen LogP contribution is 2.37. The van der Waals surface area contributed by atoms with Gasteiger partial charge in [0.05, 0.1) is 30.3 Å². The standard InChI is InChI=1S/C29H40N2O7S/c1-20(2)18-31(39(34,35)25-11-9-23(36-3)10-12-25)19-27(32)26(15-21-7-5-4-6-8-21)30-29(33)38-24-16-22-13-14-37-28(22)17-24/h4-12,20,22,24,26-28,32H,13-19H2,1-3H3,(H,30,33)/t22?,24-,26+,27-,28-/m1/s1. The highest BCUT2D eigenvalue weighted by atomic mass is 32.2. The fraction of sp³-hybridized carbons (Fsp3) is 0.552. The van der Waals surface area contributed by atoms with Gasteiger partial charge in [-0.2, -0.15) is 4.31 Å². The monoisotopic (exact) mass is 560 g/mol. The first-order valence-electron chi connectivity index (χ1n) is 13.6. The average Bonchev–Trinajstić information content (AvgIpc) is 3.50. The fourth-order valence-corrected chi connectivity index (χ4v) is 7.03. The Morgan fingerprint density at radius 2 is 1.82 bits per heavy atom. The van der Waals surface area contributed by atoms with Crippen LogP contribution in [0.2, 0.25) is 0 Å². The summed E-state index contributed by atoms with van der Waals surface area (Å²) < 4.78 is 45.0. The molecule has 9 nitrogen and oxygen atoms in total. The van der Waals surface area contributed by atoms with Crippen LogP contribution in [-0.2, 0) is 25.9 Å². The van der Waals surface area contributed by atoms with Crippen molar-refractivity contribution >= 4 is 16.1 Å². The van der Waals surface area contributed by atoms with Crippen LogP contribution in [0.5, 0.6) is 5.75 Å². The zero-order valence-corrected chi connectivity index (χ0v) is 23.7. The van der Waals surface area contributed by atoms with Gasteiger partial charge in [-0.15, -0.1) is 0 Å². The van der Waals surface area contributed by atoms with Gasteiger partial charge >= 0.3 is 6.09 Å². The number of rotatable bonds is 12. The first kappa shape index (κ1) is 29.3. The van der Waals surface area contributed by atoms with E-state index in [1.807, 2.05) is 44.2 Å². The van der Waals surface area contributed by atoms with E-state index in [1.54, 1.807) is 12.1 Å². The molecule has 0 aromatic heterocycles. The Hall–Kier alpha value is -2.66. The van der Waals surface area contributed by atoms with Crippen molar-refractivity contribution in [2.24, 2.45) is 11.8 Å². The summed E-state index contributed by atoms with van der Waals surface area (Å²) >= 11 is 0. The van der Waals surface area contributed by atoms with Crippen LogP contribution in [-0.4, -0.2) is 75.1 Å². The summed E-state index contributed by atoms with van der Waals surface area (Å²) in [6, 6.07) is 14.9. The summed E-state index contributed by atoms with van der Waals surface area (Å²) in [6.45, 7) is 4.61. The molecule has 1 aliphatic heterocycles. The van der Waals surface area contributed by atoms with Crippen LogP contribution in [0, 0.1) is 11.8 Å². The Labute approximate surface area is 231 Å². The van der Waals surface area contributed by atoms with Crippen LogP contribution in [0.15, 0.2) is 59.5 Å². The van der Waals surface area contributed by atoms with Crippen molar-refractivity contribution < 1.29 is 32.5 Å². The zero-order chi connectivity index (χ0) is 28.0. The topological polar surface area (TPSA) is 114 Å². The minimum Gasteiger partial charge on any atom is -0.497 e. The summed E-state index contributed by atoms with van der Waals surface area (Å²) in [5, 5.41) is 14.2. The maximum atomic E-state index is 13.6. The van der Waals surface area contributed by atoms with Crippen molar-refractivity contribution in [3.8, 4) is 5.75 Å². The molecule has 1 aliphatic carbocycles. The van der Waals surface area contributed by atoms with Crippen LogP contribution in [0.4, 0.5) is 4.79 Å². The number of carbonyl (C=O) groups is 1. The molecule has 2 N–H and O–H groups in total. The quantitative estimate of drug-likeness (QED) is 0.408. The van der Waals surface area contributed by atoms with Crippen LogP contribution >= 0.6 is 0 Å². The van der Waals surface area contributed by atoms with Gasteiger partial charge in [0.15, 0.2) is 0 Å². The molecule has 2 aliphatic rings. The molecule has 0 spiro atoms. The number of hydrogen-bond acceptors (Lipinski definition) is 7. The molecule has 1 unspecified atom stereocenters. The molecule has 2 fully saturated rings. The Bertz CT molecular complexity index is 1160. The molecule has 2 aromatic rings. The molecule has 214 valence electrons. The van der Waals surface area contributed by atoms with Gasteiger partial charge in [-0.1, -0.05) is 44.2 Å². The molecular weight excluding hydrogens is 520 g/mol. The number of fused-ring (bicyclic) bond motifs is 1. The minimum absolute atomic E-state index is 0.0137. The third-order valence-electron chi connectivity index (χ3n) is 7.40. The molecule has 39 heavy (non-hydrogen) atoms. The van der Waals surface area contributed by atoms with Crippen molar-refractivity contribution in [2.75, 3.05) is 26.8 Å². The number of alkyl carbamates (subject to hydrolysis) is 1. The highest BCUT2D eigenvalue weighted by Gasteiger charge is 2.40. The Morgan fingerprint density at radius 1 is 1.10 bits per heavy atom. The van der Waals surface area contributed by atoms with Crippen molar-refractivity contribution in [1.29, 1.82) is 0 Å². The second-order valence-electron chi connectivity index (χ2n) is 10.9. The lowest BCUT2D eigenvalue weighted by atomic mass is 10.0. The van der Waals surface area contributed by atoms with Crippen LogP contribution in [0.1, 0.15) is 38.7 Å². The third kappa shape index (κ3) is 7.72.